The minimum absolute atomic E-state index is 0.0281. The highest BCUT2D eigenvalue weighted by molar-refractivity contribution is 7.86. The van der Waals surface area contributed by atoms with Crippen LogP contribution in [0.1, 0.15) is 19.4 Å². The highest BCUT2D eigenvalue weighted by Crippen LogP contribution is 2.19. The average molecular weight is 334 g/mol. The number of morpholine rings is 1. The first-order chi connectivity index (χ1) is 10.2. The van der Waals surface area contributed by atoms with Gasteiger partial charge in [0, 0.05) is 26.7 Å². The largest absolute Gasteiger partial charge is 0.373 e. The van der Waals surface area contributed by atoms with Gasteiger partial charge in [0.25, 0.3) is 10.2 Å². The lowest BCUT2D eigenvalue weighted by Crippen LogP contribution is -2.52. The van der Waals surface area contributed by atoms with Gasteiger partial charge in [-0.2, -0.15) is 17.0 Å². The maximum Gasteiger partial charge on any atom is 0.282 e. The monoisotopic (exact) mass is 334 g/mol. The molecule has 8 heteroatoms. The zero-order valence-corrected chi connectivity index (χ0v) is 13.6. The van der Waals surface area contributed by atoms with E-state index in [0.29, 0.717) is 5.56 Å². The third-order valence-electron chi connectivity index (χ3n) is 3.50. The molecule has 1 aromatic carbocycles. The molecular formula is C14H20F2N2O3S. The van der Waals surface area contributed by atoms with Crippen LogP contribution in [0.5, 0.6) is 0 Å². The van der Waals surface area contributed by atoms with E-state index in [1.807, 2.05) is 13.8 Å². The number of ether oxygens (including phenoxy) is 1. The van der Waals surface area contributed by atoms with Gasteiger partial charge in [-0.15, -0.1) is 0 Å². The molecule has 2 rings (SSSR count). The zero-order chi connectivity index (χ0) is 16.5. The van der Waals surface area contributed by atoms with Crippen LogP contribution in [-0.2, 0) is 21.5 Å². The summed E-state index contributed by atoms with van der Waals surface area (Å²) in [6, 6.07) is 3.37. The third kappa shape index (κ3) is 3.81. The van der Waals surface area contributed by atoms with Crippen LogP contribution in [-0.4, -0.2) is 49.4 Å². The van der Waals surface area contributed by atoms with Gasteiger partial charge in [-0.3, -0.25) is 0 Å². The van der Waals surface area contributed by atoms with Crippen LogP contribution in [0.25, 0.3) is 0 Å². The van der Waals surface area contributed by atoms with Gasteiger partial charge in [0.15, 0.2) is 11.6 Å². The maximum absolute atomic E-state index is 13.2. The Morgan fingerprint density at radius 3 is 2.36 bits per heavy atom. The predicted octanol–water partition coefficient (Wildman–Crippen LogP) is 1.75. The molecule has 1 aromatic rings. The molecule has 0 radical (unpaired) electrons. The Hall–Kier alpha value is -1.09. The number of benzene rings is 1. The highest BCUT2D eigenvalue weighted by Gasteiger charge is 2.33. The summed E-state index contributed by atoms with van der Waals surface area (Å²) in [6.07, 6.45) is -0.370. The lowest BCUT2D eigenvalue weighted by Gasteiger charge is -2.36. The van der Waals surface area contributed by atoms with E-state index in [0.717, 1.165) is 16.4 Å². The number of hydrogen-bond acceptors (Lipinski definition) is 3. The predicted molar refractivity (Wildman–Crippen MR) is 78.3 cm³/mol. The van der Waals surface area contributed by atoms with Crippen molar-refractivity contribution in [2.45, 2.75) is 32.6 Å². The van der Waals surface area contributed by atoms with E-state index >= 15 is 0 Å². The Morgan fingerprint density at radius 2 is 1.82 bits per heavy atom. The quantitative estimate of drug-likeness (QED) is 0.843. The van der Waals surface area contributed by atoms with Gasteiger partial charge in [-0.1, -0.05) is 6.07 Å². The first-order valence-electron chi connectivity index (χ1n) is 7.01. The van der Waals surface area contributed by atoms with Crippen molar-refractivity contribution in [1.29, 1.82) is 0 Å². The Bertz CT molecular complexity index is 629. The van der Waals surface area contributed by atoms with Gasteiger partial charge in [0.2, 0.25) is 0 Å². The molecule has 0 saturated carbocycles. The molecule has 124 valence electrons. The molecule has 22 heavy (non-hydrogen) atoms. The van der Waals surface area contributed by atoms with Crippen LogP contribution in [0.3, 0.4) is 0 Å². The van der Waals surface area contributed by atoms with E-state index < -0.39 is 21.8 Å². The lowest BCUT2D eigenvalue weighted by atomic mass is 10.2. The van der Waals surface area contributed by atoms with E-state index in [-0.39, 0.29) is 31.8 Å². The molecule has 0 unspecified atom stereocenters. The summed E-state index contributed by atoms with van der Waals surface area (Å²) >= 11 is 0. The van der Waals surface area contributed by atoms with E-state index in [4.69, 9.17) is 4.74 Å². The molecule has 2 atom stereocenters. The fourth-order valence-corrected chi connectivity index (χ4v) is 4.00. The Kier molecular flexibility index (Phi) is 5.16. The van der Waals surface area contributed by atoms with E-state index in [1.54, 1.807) is 0 Å². The second-order valence-electron chi connectivity index (χ2n) is 5.59. The Labute approximate surface area is 129 Å². The number of hydrogen-bond donors (Lipinski definition) is 0. The van der Waals surface area contributed by atoms with Crippen LogP contribution in [0.15, 0.2) is 18.2 Å². The van der Waals surface area contributed by atoms with Gasteiger partial charge in [-0.05, 0) is 31.5 Å². The highest BCUT2D eigenvalue weighted by atomic mass is 32.2. The molecule has 0 aromatic heterocycles. The fraction of sp³-hybridized carbons (Fsp3) is 0.571. The molecule has 1 fully saturated rings. The molecule has 5 nitrogen and oxygen atoms in total. The normalized spacial score (nSPS) is 23.9. The van der Waals surface area contributed by atoms with Gasteiger partial charge in [-0.25, -0.2) is 8.78 Å². The minimum Gasteiger partial charge on any atom is -0.373 e. The van der Waals surface area contributed by atoms with E-state index in [2.05, 4.69) is 0 Å². The molecule has 0 amide bonds. The Balaban J connectivity index is 2.12. The summed E-state index contributed by atoms with van der Waals surface area (Å²) in [5.74, 6) is -1.94. The smallest absolute Gasteiger partial charge is 0.282 e. The average Bonchev–Trinajstić information content (AvgIpc) is 2.41. The Morgan fingerprint density at radius 1 is 1.23 bits per heavy atom. The molecule has 1 aliphatic heterocycles. The summed E-state index contributed by atoms with van der Waals surface area (Å²) in [5.41, 5.74) is 0.388. The van der Waals surface area contributed by atoms with E-state index in [9.17, 15) is 17.2 Å². The SMILES string of the molecule is C[C@H]1CN(S(=O)(=O)N(C)Cc2ccc(F)c(F)c2)C[C@H](C)O1. The van der Waals surface area contributed by atoms with Gasteiger partial charge < -0.3 is 4.74 Å². The topological polar surface area (TPSA) is 49.9 Å². The maximum atomic E-state index is 13.2. The molecule has 1 heterocycles. The molecule has 0 N–H and O–H groups in total. The molecule has 0 spiro atoms. The van der Waals surface area contributed by atoms with Crippen LogP contribution >= 0.6 is 0 Å². The van der Waals surface area contributed by atoms with Crippen LogP contribution in [0.2, 0.25) is 0 Å². The van der Waals surface area contributed by atoms with E-state index in [1.165, 1.54) is 17.4 Å². The standard InChI is InChI=1S/C14H20F2N2O3S/c1-10-7-18(8-11(2)21-10)22(19,20)17(3)9-12-4-5-13(15)14(16)6-12/h4-6,10-11H,7-9H2,1-3H3/t10-,11-/m0/s1. The molecule has 0 bridgehead atoms. The number of halogens is 2. The summed E-state index contributed by atoms with van der Waals surface area (Å²) in [4.78, 5) is 0. The van der Waals surface area contributed by atoms with Crippen molar-refractivity contribution in [3.8, 4) is 0 Å². The van der Waals surface area contributed by atoms with Crippen molar-refractivity contribution in [3.05, 3.63) is 35.4 Å². The van der Waals surface area contributed by atoms with Crippen molar-refractivity contribution in [3.63, 3.8) is 0 Å². The van der Waals surface area contributed by atoms with Crippen molar-refractivity contribution >= 4 is 10.2 Å². The minimum atomic E-state index is -3.68. The van der Waals surface area contributed by atoms with Crippen molar-refractivity contribution in [2.24, 2.45) is 0 Å². The summed E-state index contributed by atoms with van der Waals surface area (Å²) in [7, 11) is -2.26. The van der Waals surface area contributed by atoms with Crippen molar-refractivity contribution in [2.75, 3.05) is 20.1 Å². The first-order valence-corrected chi connectivity index (χ1v) is 8.40. The van der Waals surface area contributed by atoms with Crippen molar-refractivity contribution in [1.82, 2.24) is 8.61 Å². The van der Waals surface area contributed by atoms with Crippen LogP contribution in [0.4, 0.5) is 8.78 Å². The lowest BCUT2D eigenvalue weighted by molar-refractivity contribution is -0.0453. The third-order valence-corrected chi connectivity index (χ3v) is 5.36. The second kappa shape index (κ2) is 6.57. The van der Waals surface area contributed by atoms with Gasteiger partial charge >= 0.3 is 0 Å². The number of nitrogens with zero attached hydrogens (tertiary/aromatic N) is 2. The van der Waals surface area contributed by atoms with Gasteiger partial charge in [0.05, 0.1) is 12.2 Å². The van der Waals surface area contributed by atoms with Crippen LogP contribution < -0.4 is 0 Å². The van der Waals surface area contributed by atoms with Crippen molar-refractivity contribution < 1.29 is 21.9 Å². The second-order valence-corrected chi connectivity index (χ2v) is 7.62. The summed E-state index contributed by atoms with van der Waals surface area (Å²) in [5, 5.41) is 0. The molecule has 1 aliphatic rings. The summed E-state index contributed by atoms with van der Waals surface area (Å²) < 4.78 is 59.3. The number of rotatable bonds is 4. The zero-order valence-electron chi connectivity index (χ0n) is 12.8. The first kappa shape index (κ1) is 17.3. The molecule has 0 aliphatic carbocycles. The van der Waals surface area contributed by atoms with Crippen LogP contribution in [0, 0.1) is 11.6 Å². The molecular weight excluding hydrogens is 314 g/mol. The summed E-state index contributed by atoms with van der Waals surface area (Å²) in [6.45, 7) is 4.14. The molecule has 1 saturated heterocycles. The fourth-order valence-electron chi connectivity index (χ4n) is 2.49. The van der Waals surface area contributed by atoms with Gasteiger partial charge in [0.1, 0.15) is 0 Å².